The first-order valence-electron chi connectivity index (χ1n) is 6.43. The number of anilines is 3. The third-order valence-electron chi connectivity index (χ3n) is 3.43. The van der Waals surface area contributed by atoms with Crippen LogP contribution in [0.1, 0.15) is 24.0 Å². The molecular weight excluding hydrogens is 222 g/mol. The Morgan fingerprint density at radius 2 is 1.83 bits per heavy atom. The summed E-state index contributed by atoms with van der Waals surface area (Å²) in [5, 5.41) is 3.38. The number of nitrogens with one attached hydrogen (secondary N) is 1. The number of fused-ring (bicyclic) bond motifs is 1. The van der Waals surface area contributed by atoms with Crippen molar-refractivity contribution in [3.05, 3.63) is 47.5 Å². The molecule has 1 heterocycles. The quantitative estimate of drug-likeness (QED) is 0.845. The van der Waals surface area contributed by atoms with E-state index in [2.05, 4.69) is 28.5 Å². The van der Waals surface area contributed by atoms with Crippen molar-refractivity contribution in [3.63, 3.8) is 0 Å². The fraction of sp³-hybridized carbons (Fsp3) is 0.267. The smallest absolute Gasteiger partial charge is 0.132 e. The lowest BCUT2D eigenvalue weighted by Gasteiger charge is -2.19. The van der Waals surface area contributed by atoms with Crippen LogP contribution in [-0.2, 0) is 12.8 Å². The lowest BCUT2D eigenvalue weighted by Crippen LogP contribution is -2.06. The number of hydrogen-bond acceptors (Lipinski definition) is 3. The maximum atomic E-state index is 5.70. The van der Waals surface area contributed by atoms with Gasteiger partial charge in [-0.15, -0.1) is 0 Å². The third-order valence-corrected chi connectivity index (χ3v) is 3.43. The molecule has 0 saturated heterocycles. The number of hydrogen-bond donors (Lipinski definition) is 2. The number of nitrogens with two attached hydrogens (primary N) is 1. The molecule has 0 saturated carbocycles. The summed E-state index contributed by atoms with van der Waals surface area (Å²) in [7, 11) is 0. The van der Waals surface area contributed by atoms with Gasteiger partial charge in [-0.05, 0) is 55.0 Å². The van der Waals surface area contributed by atoms with Crippen molar-refractivity contribution >= 4 is 17.3 Å². The van der Waals surface area contributed by atoms with Crippen molar-refractivity contribution < 1.29 is 0 Å². The molecule has 0 amide bonds. The van der Waals surface area contributed by atoms with Crippen LogP contribution in [0.4, 0.5) is 17.3 Å². The number of pyridine rings is 1. The summed E-state index contributed by atoms with van der Waals surface area (Å²) in [6.45, 7) is 0. The number of nitrogen functional groups attached to an aromatic ring is 1. The third kappa shape index (κ3) is 2.16. The van der Waals surface area contributed by atoms with Crippen molar-refractivity contribution in [2.24, 2.45) is 0 Å². The Balaban J connectivity index is 1.93. The molecule has 3 rings (SSSR count). The van der Waals surface area contributed by atoms with E-state index in [1.807, 2.05) is 12.1 Å². The summed E-state index contributed by atoms with van der Waals surface area (Å²) in [5.74, 6) is 1.36. The minimum Gasteiger partial charge on any atom is -0.384 e. The minimum atomic E-state index is 0.546. The Hall–Kier alpha value is -2.03. The maximum Gasteiger partial charge on any atom is 0.132 e. The average Bonchev–Trinajstić information content (AvgIpc) is 2.39. The number of nitrogens with zero attached hydrogens (tertiary/aromatic N) is 1. The van der Waals surface area contributed by atoms with Gasteiger partial charge in [0.05, 0.1) is 0 Å². The molecule has 92 valence electrons. The van der Waals surface area contributed by atoms with Crippen molar-refractivity contribution in [3.8, 4) is 0 Å². The Labute approximate surface area is 107 Å². The molecule has 0 aliphatic heterocycles. The molecule has 3 heteroatoms. The Morgan fingerprint density at radius 3 is 2.72 bits per heavy atom. The molecular formula is C15H17N3. The lowest BCUT2D eigenvalue weighted by atomic mass is 9.90. The van der Waals surface area contributed by atoms with Crippen LogP contribution in [0.5, 0.6) is 0 Å². The van der Waals surface area contributed by atoms with Gasteiger partial charge in [0.15, 0.2) is 0 Å². The fourth-order valence-corrected chi connectivity index (χ4v) is 2.56. The molecule has 1 aliphatic carbocycles. The molecule has 18 heavy (non-hydrogen) atoms. The first-order valence-corrected chi connectivity index (χ1v) is 6.43. The molecule has 1 aromatic heterocycles. The summed E-state index contributed by atoms with van der Waals surface area (Å²) in [6.07, 6.45) is 4.92. The van der Waals surface area contributed by atoms with Crippen molar-refractivity contribution in [2.75, 3.05) is 11.1 Å². The molecule has 0 radical (unpaired) electrons. The molecule has 1 aromatic carbocycles. The van der Waals surface area contributed by atoms with Gasteiger partial charge in [-0.25, -0.2) is 4.98 Å². The van der Waals surface area contributed by atoms with Crippen LogP contribution in [0, 0.1) is 0 Å². The summed E-state index contributed by atoms with van der Waals surface area (Å²) in [6, 6.07) is 12.1. The SMILES string of the molecule is Nc1cccc(Nc2cccc3c2CCCC3)n1. The summed E-state index contributed by atoms with van der Waals surface area (Å²) >= 11 is 0. The van der Waals surface area contributed by atoms with Gasteiger partial charge >= 0.3 is 0 Å². The maximum absolute atomic E-state index is 5.70. The first-order chi connectivity index (χ1) is 8.83. The first kappa shape index (κ1) is 11.1. The lowest BCUT2D eigenvalue weighted by molar-refractivity contribution is 0.687. The monoisotopic (exact) mass is 239 g/mol. The van der Waals surface area contributed by atoms with Gasteiger partial charge in [0.2, 0.25) is 0 Å². The van der Waals surface area contributed by atoms with E-state index in [1.54, 1.807) is 6.07 Å². The molecule has 0 atom stereocenters. The van der Waals surface area contributed by atoms with E-state index in [9.17, 15) is 0 Å². The zero-order valence-corrected chi connectivity index (χ0v) is 10.3. The van der Waals surface area contributed by atoms with Gasteiger partial charge in [-0.1, -0.05) is 18.2 Å². The predicted molar refractivity (Wildman–Crippen MR) is 75.0 cm³/mol. The molecule has 0 unspecified atom stereocenters. The van der Waals surface area contributed by atoms with Crippen LogP contribution >= 0.6 is 0 Å². The van der Waals surface area contributed by atoms with Gasteiger partial charge in [0, 0.05) is 5.69 Å². The van der Waals surface area contributed by atoms with Gasteiger partial charge in [0.25, 0.3) is 0 Å². The zero-order chi connectivity index (χ0) is 12.4. The number of benzene rings is 1. The largest absolute Gasteiger partial charge is 0.384 e. The summed E-state index contributed by atoms with van der Waals surface area (Å²) in [5.41, 5.74) is 9.78. The number of aryl methyl sites for hydroxylation is 1. The fourth-order valence-electron chi connectivity index (χ4n) is 2.56. The molecule has 3 nitrogen and oxygen atoms in total. The van der Waals surface area contributed by atoms with E-state index < -0.39 is 0 Å². The second-order valence-corrected chi connectivity index (χ2v) is 4.72. The van der Waals surface area contributed by atoms with Crippen molar-refractivity contribution in [2.45, 2.75) is 25.7 Å². The van der Waals surface area contributed by atoms with E-state index in [1.165, 1.54) is 36.1 Å². The highest BCUT2D eigenvalue weighted by Crippen LogP contribution is 2.29. The van der Waals surface area contributed by atoms with E-state index >= 15 is 0 Å². The molecule has 0 bridgehead atoms. The normalized spacial score (nSPS) is 14.0. The van der Waals surface area contributed by atoms with Crippen LogP contribution in [0.2, 0.25) is 0 Å². The van der Waals surface area contributed by atoms with Crippen LogP contribution in [-0.4, -0.2) is 4.98 Å². The topological polar surface area (TPSA) is 50.9 Å². The van der Waals surface area contributed by atoms with Crippen molar-refractivity contribution in [1.29, 1.82) is 0 Å². The summed E-state index contributed by atoms with van der Waals surface area (Å²) in [4.78, 5) is 4.28. The van der Waals surface area contributed by atoms with E-state index in [4.69, 9.17) is 5.73 Å². The predicted octanol–water partition coefficient (Wildman–Crippen LogP) is 3.29. The zero-order valence-electron chi connectivity index (χ0n) is 10.3. The Morgan fingerprint density at radius 1 is 1.00 bits per heavy atom. The van der Waals surface area contributed by atoms with Crippen LogP contribution in [0.25, 0.3) is 0 Å². The molecule has 2 aromatic rings. The second-order valence-electron chi connectivity index (χ2n) is 4.72. The van der Waals surface area contributed by atoms with E-state index in [-0.39, 0.29) is 0 Å². The highest BCUT2D eigenvalue weighted by atomic mass is 15.0. The van der Waals surface area contributed by atoms with Gasteiger partial charge in [-0.3, -0.25) is 0 Å². The van der Waals surface area contributed by atoms with Crippen LogP contribution < -0.4 is 11.1 Å². The highest BCUT2D eigenvalue weighted by molar-refractivity contribution is 5.63. The van der Waals surface area contributed by atoms with E-state index in [0.717, 1.165) is 12.2 Å². The number of rotatable bonds is 2. The molecule has 3 N–H and O–H groups in total. The minimum absolute atomic E-state index is 0.546. The Bertz CT molecular complexity index is 563. The Kier molecular flexibility index (Phi) is 2.89. The van der Waals surface area contributed by atoms with E-state index in [0.29, 0.717) is 5.82 Å². The number of aromatic nitrogens is 1. The standard InChI is InChI=1S/C15H17N3/c16-14-9-4-10-15(18-14)17-13-8-3-6-11-5-1-2-7-12(11)13/h3-4,6,8-10H,1-2,5,7H2,(H3,16,17,18). The van der Waals surface area contributed by atoms with Crippen LogP contribution in [0.3, 0.4) is 0 Å². The summed E-state index contributed by atoms with van der Waals surface area (Å²) < 4.78 is 0. The average molecular weight is 239 g/mol. The second kappa shape index (κ2) is 4.69. The molecule has 1 aliphatic rings. The molecule has 0 spiro atoms. The van der Waals surface area contributed by atoms with Gasteiger partial charge < -0.3 is 11.1 Å². The van der Waals surface area contributed by atoms with Crippen molar-refractivity contribution in [1.82, 2.24) is 4.98 Å². The van der Waals surface area contributed by atoms with Gasteiger partial charge in [0.1, 0.15) is 11.6 Å². The van der Waals surface area contributed by atoms with Gasteiger partial charge in [-0.2, -0.15) is 0 Å². The molecule has 0 fully saturated rings. The van der Waals surface area contributed by atoms with Crippen LogP contribution in [0.15, 0.2) is 36.4 Å². The highest BCUT2D eigenvalue weighted by Gasteiger charge is 2.12.